The highest BCUT2D eigenvalue weighted by Crippen LogP contribution is 2.21. The molecule has 96 valence electrons. The highest BCUT2D eigenvalue weighted by molar-refractivity contribution is 7.88. The standard InChI is InChI=1S/C11H16N2O2S.ClH/c1-16(14,15)13-5-4-10-3-2-9(7-12)6-11(10)8-13;/h2-3,6H,4-5,7-8,12H2,1H3;1H. The molecule has 0 saturated heterocycles. The van der Waals surface area contributed by atoms with Crippen LogP contribution in [0.3, 0.4) is 0 Å². The molecule has 0 spiro atoms. The van der Waals surface area contributed by atoms with Gasteiger partial charge in [-0.1, -0.05) is 18.2 Å². The average Bonchev–Trinajstić information content (AvgIpc) is 2.26. The van der Waals surface area contributed by atoms with Gasteiger partial charge in [0, 0.05) is 19.6 Å². The van der Waals surface area contributed by atoms with Crippen molar-refractivity contribution in [3.8, 4) is 0 Å². The van der Waals surface area contributed by atoms with E-state index in [9.17, 15) is 8.42 Å². The van der Waals surface area contributed by atoms with Crippen LogP contribution in [0.5, 0.6) is 0 Å². The maximum absolute atomic E-state index is 11.5. The Hall–Kier alpha value is -0.620. The Balaban J connectivity index is 0.00000144. The molecule has 1 aliphatic rings. The van der Waals surface area contributed by atoms with Crippen LogP contribution in [0.25, 0.3) is 0 Å². The van der Waals surface area contributed by atoms with Gasteiger partial charge in [0.2, 0.25) is 10.0 Å². The van der Waals surface area contributed by atoms with Crippen LogP contribution >= 0.6 is 12.4 Å². The van der Waals surface area contributed by atoms with E-state index in [-0.39, 0.29) is 12.4 Å². The van der Waals surface area contributed by atoms with E-state index in [2.05, 4.69) is 6.07 Å². The third-order valence-electron chi connectivity index (χ3n) is 2.95. The Labute approximate surface area is 108 Å². The summed E-state index contributed by atoms with van der Waals surface area (Å²) in [5, 5.41) is 0. The summed E-state index contributed by atoms with van der Waals surface area (Å²) in [6.45, 7) is 1.54. The van der Waals surface area contributed by atoms with Gasteiger partial charge in [-0.15, -0.1) is 12.4 Å². The third-order valence-corrected chi connectivity index (χ3v) is 4.20. The summed E-state index contributed by atoms with van der Waals surface area (Å²) in [7, 11) is -3.09. The molecular weight excluding hydrogens is 260 g/mol. The minimum atomic E-state index is -3.09. The van der Waals surface area contributed by atoms with Crippen LogP contribution in [-0.4, -0.2) is 25.5 Å². The van der Waals surface area contributed by atoms with Gasteiger partial charge in [-0.3, -0.25) is 0 Å². The molecule has 4 nitrogen and oxygen atoms in total. The summed E-state index contributed by atoms with van der Waals surface area (Å²) in [5.41, 5.74) is 8.94. The summed E-state index contributed by atoms with van der Waals surface area (Å²) in [6, 6.07) is 6.07. The average molecular weight is 277 g/mol. The van der Waals surface area contributed by atoms with E-state index in [0.29, 0.717) is 19.6 Å². The van der Waals surface area contributed by atoms with E-state index < -0.39 is 10.0 Å². The molecule has 0 amide bonds. The van der Waals surface area contributed by atoms with Crippen molar-refractivity contribution in [1.82, 2.24) is 4.31 Å². The second-order valence-corrected chi connectivity index (χ2v) is 6.14. The maximum Gasteiger partial charge on any atom is 0.211 e. The van der Waals surface area contributed by atoms with Crippen LogP contribution in [0.4, 0.5) is 0 Å². The fraction of sp³-hybridized carbons (Fsp3) is 0.455. The lowest BCUT2D eigenvalue weighted by Gasteiger charge is -2.27. The minimum absolute atomic E-state index is 0. The molecule has 0 unspecified atom stereocenters. The van der Waals surface area contributed by atoms with Gasteiger partial charge >= 0.3 is 0 Å². The first kappa shape index (κ1) is 14.4. The van der Waals surface area contributed by atoms with Crippen LogP contribution < -0.4 is 5.73 Å². The molecule has 0 bridgehead atoms. The largest absolute Gasteiger partial charge is 0.326 e. The van der Waals surface area contributed by atoms with Gasteiger partial charge in [-0.2, -0.15) is 4.31 Å². The number of halogens is 1. The zero-order valence-corrected chi connectivity index (χ0v) is 11.4. The molecule has 2 N–H and O–H groups in total. The maximum atomic E-state index is 11.5. The normalized spacial score (nSPS) is 16.1. The van der Waals surface area contributed by atoms with Gasteiger partial charge in [0.1, 0.15) is 0 Å². The first-order valence-electron chi connectivity index (χ1n) is 5.26. The molecule has 1 aromatic carbocycles. The number of hydrogen-bond donors (Lipinski definition) is 1. The molecular formula is C11H17ClN2O2S. The SMILES string of the molecule is CS(=O)(=O)N1CCc2ccc(CN)cc2C1.Cl. The topological polar surface area (TPSA) is 63.4 Å². The Morgan fingerprint density at radius 2 is 2.06 bits per heavy atom. The van der Waals surface area contributed by atoms with Gasteiger partial charge in [0.15, 0.2) is 0 Å². The Kier molecular flexibility index (Phi) is 4.55. The van der Waals surface area contributed by atoms with Gasteiger partial charge in [-0.05, 0) is 23.1 Å². The molecule has 0 atom stereocenters. The molecule has 6 heteroatoms. The lowest BCUT2D eigenvalue weighted by molar-refractivity contribution is 0.395. The molecule has 1 aliphatic heterocycles. The van der Waals surface area contributed by atoms with E-state index in [1.54, 1.807) is 0 Å². The van der Waals surface area contributed by atoms with Crippen molar-refractivity contribution in [3.63, 3.8) is 0 Å². The van der Waals surface area contributed by atoms with Gasteiger partial charge in [0.25, 0.3) is 0 Å². The molecule has 17 heavy (non-hydrogen) atoms. The second kappa shape index (κ2) is 5.35. The predicted octanol–water partition coefficient (Wildman–Crippen LogP) is 0.885. The van der Waals surface area contributed by atoms with Crippen molar-refractivity contribution in [3.05, 3.63) is 34.9 Å². The lowest BCUT2D eigenvalue weighted by Crippen LogP contribution is -2.35. The van der Waals surface area contributed by atoms with E-state index in [1.165, 1.54) is 16.1 Å². The van der Waals surface area contributed by atoms with E-state index in [4.69, 9.17) is 5.73 Å². The summed E-state index contributed by atoms with van der Waals surface area (Å²) in [5.74, 6) is 0. The number of sulfonamides is 1. The Morgan fingerprint density at radius 1 is 1.35 bits per heavy atom. The van der Waals surface area contributed by atoms with Crippen LogP contribution in [0.15, 0.2) is 18.2 Å². The Bertz CT molecular complexity index is 502. The fourth-order valence-corrected chi connectivity index (χ4v) is 2.79. The van der Waals surface area contributed by atoms with E-state index in [0.717, 1.165) is 17.5 Å². The zero-order valence-electron chi connectivity index (χ0n) is 9.72. The number of hydrogen-bond acceptors (Lipinski definition) is 3. The van der Waals surface area contributed by atoms with Gasteiger partial charge in [0.05, 0.1) is 6.26 Å². The summed E-state index contributed by atoms with van der Waals surface area (Å²) in [6.07, 6.45) is 2.04. The van der Waals surface area contributed by atoms with Crippen LogP contribution in [0.2, 0.25) is 0 Å². The first-order valence-corrected chi connectivity index (χ1v) is 7.11. The molecule has 0 saturated carbocycles. The highest BCUT2D eigenvalue weighted by Gasteiger charge is 2.22. The molecule has 0 aromatic heterocycles. The molecule has 0 radical (unpaired) electrons. The summed E-state index contributed by atoms with van der Waals surface area (Å²) >= 11 is 0. The van der Waals surface area contributed by atoms with Gasteiger partial charge < -0.3 is 5.73 Å². The predicted molar refractivity (Wildman–Crippen MR) is 70.5 cm³/mol. The van der Waals surface area contributed by atoms with E-state index in [1.807, 2.05) is 12.1 Å². The quantitative estimate of drug-likeness (QED) is 0.872. The van der Waals surface area contributed by atoms with Gasteiger partial charge in [-0.25, -0.2) is 8.42 Å². The third kappa shape index (κ3) is 3.19. The monoisotopic (exact) mass is 276 g/mol. The Morgan fingerprint density at radius 3 is 2.65 bits per heavy atom. The smallest absolute Gasteiger partial charge is 0.211 e. The molecule has 0 fully saturated rings. The first-order chi connectivity index (χ1) is 7.50. The second-order valence-electron chi connectivity index (χ2n) is 4.15. The fourth-order valence-electron chi connectivity index (χ4n) is 1.99. The number of benzene rings is 1. The number of nitrogens with zero attached hydrogens (tertiary/aromatic N) is 1. The van der Waals surface area contributed by atoms with Crippen LogP contribution in [0.1, 0.15) is 16.7 Å². The minimum Gasteiger partial charge on any atom is -0.326 e. The van der Waals surface area contributed by atoms with Crippen LogP contribution in [0, 0.1) is 0 Å². The number of nitrogens with two attached hydrogens (primary N) is 1. The molecule has 0 aliphatic carbocycles. The summed E-state index contributed by atoms with van der Waals surface area (Å²) < 4.78 is 24.4. The molecule has 1 heterocycles. The lowest BCUT2D eigenvalue weighted by atomic mass is 9.99. The van der Waals surface area contributed by atoms with E-state index >= 15 is 0 Å². The highest BCUT2D eigenvalue weighted by atomic mass is 35.5. The van der Waals surface area contributed by atoms with Crippen molar-refractivity contribution in [2.75, 3.05) is 12.8 Å². The van der Waals surface area contributed by atoms with Crippen molar-refractivity contribution >= 4 is 22.4 Å². The van der Waals surface area contributed by atoms with Crippen molar-refractivity contribution in [1.29, 1.82) is 0 Å². The molecule has 2 rings (SSSR count). The van der Waals surface area contributed by atoms with Crippen LogP contribution in [-0.2, 0) is 29.5 Å². The number of rotatable bonds is 2. The zero-order chi connectivity index (χ0) is 11.8. The van der Waals surface area contributed by atoms with Crippen molar-refractivity contribution < 1.29 is 8.42 Å². The molecule has 1 aromatic rings. The van der Waals surface area contributed by atoms with Crippen molar-refractivity contribution in [2.45, 2.75) is 19.5 Å². The number of fused-ring (bicyclic) bond motifs is 1. The summed E-state index contributed by atoms with van der Waals surface area (Å²) in [4.78, 5) is 0. The van der Waals surface area contributed by atoms with Crippen molar-refractivity contribution in [2.24, 2.45) is 5.73 Å².